The van der Waals surface area contributed by atoms with E-state index in [4.69, 9.17) is 5.11 Å². The van der Waals surface area contributed by atoms with Crippen LogP contribution in [0.1, 0.15) is 6.92 Å². The molecule has 0 aliphatic rings. The average molecular weight is 161 g/mol. The molecular formula is C6H11NO4. The van der Waals surface area contributed by atoms with Crippen molar-refractivity contribution in [1.29, 1.82) is 0 Å². The average Bonchev–Trinajstić information content (AvgIpc) is 1.89. The summed E-state index contributed by atoms with van der Waals surface area (Å²) in [7, 11) is 1.22. The molecule has 0 aliphatic carbocycles. The van der Waals surface area contributed by atoms with Crippen molar-refractivity contribution in [3.05, 3.63) is 12.2 Å². The molecular weight excluding hydrogens is 150 g/mol. The molecule has 11 heavy (non-hydrogen) atoms. The van der Waals surface area contributed by atoms with Crippen molar-refractivity contribution in [1.82, 2.24) is 0 Å². The van der Waals surface area contributed by atoms with Gasteiger partial charge in [0.25, 0.3) is 0 Å². The topological polar surface area (TPSA) is 89.6 Å². The predicted octanol–water partition coefficient (Wildman–Crippen LogP) is 0.359. The van der Waals surface area contributed by atoms with Gasteiger partial charge in [-0.3, -0.25) is 0 Å². The van der Waals surface area contributed by atoms with Crippen LogP contribution in [0.4, 0.5) is 4.79 Å². The number of hydrogen-bond acceptors (Lipinski definition) is 3. The zero-order valence-electron chi connectivity index (χ0n) is 6.46. The van der Waals surface area contributed by atoms with Gasteiger partial charge >= 0.3 is 12.1 Å². The number of carboxylic acid groups (broad SMARTS) is 1. The highest BCUT2D eigenvalue weighted by Crippen LogP contribution is 1.81. The van der Waals surface area contributed by atoms with Crippen molar-refractivity contribution in [3.63, 3.8) is 0 Å². The monoisotopic (exact) mass is 161 g/mol. The molecule has 3 N–H and O–H groups in total. The molecule has 64 valence electrons. The second-order valence-corrected chi connectivity index (χ2v) is 1.61. The Morgan fingerprint density at radius 3 is 1.73 bits per heavy atom. The molecule has 5 nitrogen and oxygen atoms in total. The van der Waals surface area contributed by atoms with Crippen molar-refractivity contribution < 1.29 is 19.4 Å². The summed E-state index contributed by atoms with van der Waals surface area (Å²) >= 11 is 0. The van der Waals surface area contributed by atoms with Crippen LogP contribution in [0, 0.1) is 0 Å². The minimum atomic E-state index is -0.935. The zero-order chi connectivity index (χ0) is 9.44. The van der Waals surface area contributed by atoms with E-state index in [1.165, 1.54) is 14.0 Å². The van der Waals surface area contributed by atoms with Gasteiger partial charge in [-0.15, -0.1) is 0 Å². The SMILES string of the molecule is C=C(C)C(=O)O.COC(N)=O. The Morgan fingerprint density at radius 2 is 1.73 bits per heavy atom. The van der Waals surface area contributed by atoms with Crippen molar-refractivity contribution in [2.24, 2.45) is 5.73 Å². The van der Waals surface area contributed by atoms with E-state index < -0.39 is 12.1 Å². The molecule has 0 bridgehead atoms. The Bertz CT molecular complexity index is 152. The van der Waals surface area contributed by atoms with Crippen LogP contribution in [-0.4, -0.2) is 24.3 Å². The van der Waals surface area contributed by atoms with Gasteiger partial charge in [-0.25, -0.2) is 9.59 Å². The largest absolute Gasteiger partial charge is 0.478 e. The molecule has 0 spiro atoms. The fourth-order valence-corrected chi connectivity index (χ4v) is 0. The first-order valence-electron chi connectivity index (χ1n) is 2.64. The highest BCUT2D eigenvalue weighted by molar-refractivity contribution is 5.84. The molecule has 0 fully saturated rings. The Labute approximate surface area is 64.5 Å². The second kappa shape index (κ2) is 6.60. The van der Waals surface area contributed by atoms with Crippen molar-refractivity contribution >= 4 is 12.1 Å². The standard InChI is InChI=1S/C4H6O2.C2H5NO2/c1-3(2)4(5)6;1-5-2(3)4/h1H2,2H3,(H,5,6);1H3,(H2,3,4). The fourth-order valence-electron chi connectivity index (χ4n) is 0. The summed E-state index contributed by atoms with van der Waals surface area (Å²) in [6, 6.07) is 0. The maximum absolute atomic E-state index is 9.60. The number of ether oxygens (including phenoxy) is 1. The van der Waals surface area contributed by atoms with E-state index in [-0.39, 0.29) is 5.57 Å². The first kappa shape index (κ1) is 12.2. The summed E-state index contributed by atoms with van der Waals surface area (Å²) in [5, 5.41) is 7.89. The third-order valence-corrected chi connectivity index (χ3v) is 0.566. The van der Waals surface area contributed by atoms with Gasteiger partial charge in [-0.05, 0) is 6.92 Å². The van der Waals surface area contributed by atoms with Crippen LogP contribution in [0.25, 0.3) is 0 Å². The van der Waals surface area contributed by atoms with Gasteiger partial charge in [0.05, 0.1) is 7.11 Å². The summed E-state index contributed by atoms with van der Waals surface area (Å²) in [6.45, 7) is 4.60. The number of nitrogens with two attached hydrogens (primary N) is 1. The summed E-state index contributed by atoms with van der Waals surface area (Å²) in [5.41, 5.74) is 4.61. The minimum Gasteiger partial charge on any atom is -0.478 e. The minimum absolute atomic E-state index is 0.176. The van der Waals surface area contributed by atoms with Crippen molar-refractivity contribution in [3.8, 4) is 0 Å². The highest BCUT2D eigenvalue weighted by Gasteiger charge is 1.90. The van der Waals surface area contributed by atoms with Gasteiger partial charge in [0.1, 0.15) is 0 Å². The number of carbonyl (C=O) groups is 2. The summed E-state index contributed by atoms with van der Waals surface area (Å²) in [6.07, 6.45) is -0.745. The summed E-state index contributed by atoms with van der Waals surface area (Å²) in [4.78, 5) is 19.0. The number of primary amides is 1. The lowest BCUT2D eigenvalue weighted by molar-refractivity contribution is -0.132. The Kier molecular flexibility index (Phi) is 7.31. The van der Waals surface area contributed by atoms with Crippen LogP contribution in [0.15, 0.2) is 12.2 Å². The van der Waals surface area contributed by atoms with E-state index in [2.05, 4.69) is 17.0 Å². The maximum Gasteiger partial charge on any atom is 0.404 e. The fraction of sp³-hybridized carbons (Fsp3) is 0.333. The number of hydrogen-bond donors (Lipinski definition) is 2. The third kappa shape index (κ3) is 17.7. The molecule has 5 heteroatoms. The van der Waals surface area contributed by atoms with Crippen LogP contribution in [0.5, 0.6) is 0 Å². The van der Waals surface area contributed by atoms with Gasteiger partial charge < -0.3 is 15.6 Å². The lowest BCUT2D eigenvalue weighted by Crippen LogP contribution is -2.08. The molecule has 0 aliphatic heterocycles. The van der Waals surface area contributed by atoms with Crippen LogP contribution in [0.2, 0.25) is 0 Å². The van der Waals surface area contributed by atoms with Gasteiger partial charge in [-0.1, -0.05) is 6.58 Å². The van der Waals surface area contributed by atoms with E-state index in [0.29, 0.717) is 0 Å². The van der Waals surface area contributed by atoms with Gasteiger partial charge in [0, 0.05) is 5.57 Å². The molecule has 1 amide bonds. The lowest BCUT2D eigenvalue weighted by atomic mass is 10.4. The number of methoxy groups -OCH3 is 1. The quantitative estimate of drug-likeness (QED) is 0.543. The zero-order valence-corrected chi connectivity index (χ0v) is 6.46. The van der Waals surface area contributed by atoms with Gasteiger partial charge in [-0.2, -0.15) is 0 Å². The Morgan fingerprint density at radius 1 is 1.55 bits per heavy atom. The lowest BCUT2D eigenvalue weighted by Gasteiger charge is -1.81. The van der Waals surface area contributed by atoms with Crippen LogP contribution in [-0.2, 0) is 9.53 Å². The van der Waals surface area contributed by atoms with E-state index in [1.54, 1.807) is 0 Å². The smallest absolute Gasteiger partial charge is 0.404 e. The second-order valence-electron chi connectivity index (χ2n) is 1.61. The molecule has 0 aromatic rings. The Balaban J connectivity index is 0. The molecule has 0 atom stereocenters. The number of aliphatic carboxylic acids is 1. The summed E-state index contributed by atoms with van der Waals surface area (Å²) in [5.74, 6) is -0.935. The van der Waals surface area contributed by atoms with Crippen molar-refractivity contribution in [2.75, 3.05) is 7.11 Å². The van der Waals surface area contributed by atoms with E-state index in [0.717, 1.165) is 0 Å². The Hall–Kier alpha value is -1.52. The van der Waals surface area contributed by atoms with Crippen LogP contribution in [0.3, 0.4) is 0 Å². The number of amides is 1. The number of rotatable bonds is 1. The first-order chi connectivity index (χ1) is 4.91. The molecule has 0 aromatic carbocycles. The molecule has 0 radical (unpaired) electrons. The predicted molar refractivity (Wildman–Crippen MR) is 39.0 cm³/mol. The normalized spacial score (nSPS) is 7.09. The number of carboxylic acids is 1. The number of carbonyl (C=O) groups excluding carboxylic acids is 1. The third-order valence-electron chi connectivity index (χ3n) is 0.566. The molecule has 0 rings (SSSR count). The van der Waals surface area contributed by atoms with Gasteiger partial charge in [0.2, 0.25) is 0 Å². The molecule has 0 aromatic heterocycles. The molecule has 0 unspecified atom stereocenters. The maximum atomic E-state index is 9.60. The van der Waals surface area contributed by atoms with Gasteiger partial charge in [0.15, 0.2) is 0 Å². The van der Waals surface area contributed by atoms with E-state index in [1.807, 2.05) is 0 Å². The molecule has 0 saturated carbocycles. The van der Waals surface area contributed by atoms with E-state index in [9.17, 15) is 9.59 Å². The van der Waals surface area contributed by atoms with E-state index >= 15 is 0 Å². The van der Waals surface area contributed by atoms with Crippen LogP contribution < -0.4 is 5.73 Å². The molecule has 0 saturated heterocycles. The summed E-state index contributed by atoms with van der Waals surface area (Å²) < 4.78 is 3.89. The first-order valence-corrected chi connectivity index (χ1v) is 2.64. The van der Waals surface area contributed by atoms with Crippen molar-refractivity contribution in [2.45, 2.75) is 6.92 Å². The van der Waals surface area contributed by atoms with Crippen LogP contribution >= 0.6 is 0 Å². The molecule has 0 heterocycles. The highest BCUT2D eigenvalue weighted by atomic mass is 16.5.